The molecular formula is C25H23IN2O5S. The first-order valence-electron chi connectivity index (χ1n) is 10.5. The third-order valence-electron chi connectivity index (χ3n) is 5.41. The van der Waals surface area contributed by atoms with E-state index in [1.54, 1.807) is 44.8 Å². The molecule has 0 spiro atoms. The lowest BCUT2D eigenvalue weighted by Crippen LogP contribution is -2.39. The van der Waals surface area contributed by atoms with E-state index in [4.69, 9.17) is 14.2 Å². The Balaban J connectivity index is 1.96. The van der Waals surface area contributed by atoms with Crippen molar-refractivity contribution in [2.24, 2.45) is 4.99 Å². The second-order valence-electron chi connectivity index (χ2n) is 7.47. The molecule has 1 aliphatic rings. The number of carbonyl (C=O) groups excluding carboxylic acids is 1. The van der Waals surface area contributed by atoms with Crippen LogP contribution in [0, 0.1) is 3.57 Å². The average Bonchev–Trinajstić information content (AvgIpc) is 3.13. The minimum Gasteiger partial charge on any atom is -0.493 e. The second kappa shape index (κ2) is 10.1. The first kappa shape index (κ1) is 24.2. The fourth-order valence-corrected chi connectivity index (χ4v) is 5.25. The molecule has 0 fully saturated rings. The quantitative estimate of drug-likeness (QED) is 0.325. The predicted octanol–water partition coefficient (Wildman–Crippen LogP) is 3.42. The summed E-state index contributed by atoms with van der Waals surface area (Å²) in [7, 11) is 3.10. The third-order valence-corrected chi connectivity index (χ3v) is 7.11. The van der Waals surface area contributed by atoms with Crippen LogP contribution in [0.2, 0.25) is 0 Å². The van der Waals surface area contributed by atoms with Crippen molar-refractivity contribution >= 4 is 46.0 Å². The van der Waals surface area contributed by atoms with Crippen LogP contribution in [0.15, 0.2) is 63.5 Å². The highest BCUT2D eigenvalue weighted by molar-refractivity contribution is 14.1. The Morgan fingerprint density at radius 2 is 1.85 bits per heavy atom. The van der Waals surface area contributed by atoms with Gasteiger partial charge in [-0.2, -0.15) is 0 Å². The molecule has 176 valence electrons. The highest BCUT2D eigenvalue weighted by atomic mass is 127. The average molecular weight is 590 g/mol. The van der Waals surface area contributed by atoms with Gasteiger partial charge in [-0.15, -0.1) is 0 Å². The van der Waals surface area contributed by atoms with Crippen LogP contribution in [0.5, 0.6) is 11.5 Å². The van der Waals surface area contributed by atoms with E-state index in [2.05, 4.69) is 27.6 Å². The molecular weight excluding hydrogens is 567 g/mol. The van der Waals surface area contributed by atoms with Crippen molar-refractivity contribution < 1.29 is 19.0 Å². The zero-order valence-corrected chi connectivity index (χ0v) is 22.1. The lowest BCUT2D eigenvalue weighted by atomic mass is 9.95. The van der Waals surface area contributed by atoms with Crippen LogP contribution < -0.4 is 24.4 Å². The normalized spacial score (nSPS) is 15.6. The number of thiazole rings is 1. The number of esters is 1. The van der Waals surface area contributed by atoms with Crippen molar-refractivity contribution in [1.29, 1.82) is 0 Å². The zero-order chi connectivity index (χ0) is 24.4. The summed E-state index contributed by atoms with van der Waals surface area (Å²) in [6.07, 6.45) is 1.84. The first-order chi connectivity index (χ1) is 16.4. The van der Waals surface area contributed by atoms with Crippen molar-refractivity contribution in [3.8, 4) is 11.5 Å². The van der Waals surface area contributed by atoms with Gasteiger partial charge >= 0.3 is 5.97 Å². The monoisotopic (exact) mass is 590 g/mol. The minimum atomic E-state index is -0.714. The van der Waals surface area contributed by atoms with Gasteiger partial charge in [0, 0.05) is 3.57 Å². The molecule has 0 aliphatic carbocycles. The Bertz CT molecular complexity index is 1450. The molecule has 1 aromatic heterocycles. The molecule has 34 heavy (non-hydrogen) atoms. The van der Waals surface area contributed by atoms with Crippen LogP contribution in [-0.2, 0) is 9.53 Å². The van der Waals surface area contributed by atoms with E-state index in [9.17, 15) is 9.59 Å². The number of aromatic nitrogens is 1. The number of hydrogen-bond donors (Lipinski definition) is 0. The smallest absolute Gasteiger partial charge is 0.338 e. The van der Waals surface area contributed by atoms with Crippen molar-refractivity contribution in [1.82, 2.24) is 4.57 Å². The first-order valence-corrected chi connectivity index (χ1v) is 12.4. The van der Waals surface area contributed by atoms with Crippen LogP contribution >= 0.6 is 33.9 Å². The molecule has 0 radical (unpaired) electrons. The number of hydrogen-bond acceptors (Lipinski definition) is 7. The van der Waals surface area contributed by atoms with Crippen molar-refractivity contribution in [2.45, 2.75) is 19.9 Å². The largest absolute Gasteiger partial charge is 0.493 e. The molecule has 3 aromatic rings. The van der Waals surface area contributed by atoms with Gasteiger partial charge in [-0.25, -0.2) is 9.79 Å². The topological polar surface area (TPSA) is 79.1 Å². The lowest BCUT2D eigenvalue weighted by molar-refractivity contribution is -0.139. The van der Waals surface area contributed by atoms with Crippen molar-refractivity contribution in [3.63, 3.8) is 0 Å². The molecule has 7 nitrogen and oxygen atoms in total. The van der Waals surface area contributed by atoms with E-state index in [1.165, 1.54) is 11.3 Å². The molecule has 0 unspecified atom stereocenters. The summed E-state index contributed by atoms with van der Waals surface area (Å²) in [6.45, 7) is 3.72. The Morgan fingerprint density at radius 1 is 1.15 bits per heavy atom. The molecule has 9 heteroatoms. The van der Waals surface area contributed by atoms with Gasteiger partial charge in [-0.05, 0) is 77.9 Å². The Morgan fingerprint density at radius 3 is 2.50 bits per heavy atom. The highest BCUT2D eigenvalue weighted by Crippen LogP contribution is 2.36. The lowest BCUT2D eigenvalue weighted by Gasteiger charge is -2.25. The standard InChI is InChI=1S/C25H23IN2O5S/c1-5-33-24(30)21-14(2)27-25-28(22(21)16-8-11-18(31-3)19(13-16)32-4)23(29)20(34-25)12-15-6-9-17(26)10-7-15/h6-13,22H,5H2,1-4H3/b20-12+/t22-/m1/s1. The van der Waals surface area contributed by atoms with Gasteiger partial charge in [0.25, 0.3) is 5.56 Å². The van der Waals surface area contributed by atoms with Crippen LogP contribution in [0.3, 0.4) is 0 Å². The van der Waals surface area contributed by atoms with E-state index in [0.717, 1.165) is 9.13 Å². The molecule has 0 amide bonds. The number of nitrogens with zero attached hydrogens (tertiary/aromatic N) is 2. The highest BCUT2D eigenvalue weighted by Gasteiger charge is 2.33. The summed E-state index contributed by atoms with van der Waals surface area (Å²) in [5, 5.41) is 0. The Kier molecular flexibility index (Phi) is 7.22. The summed E-state index contributed by atoms with van der Waals surface area (Å²) in [6, 6.07) is 12.5. The molecule has 1 aliphatic heterocycles. The van der Waals surface area contributed by atoms with Gasteiger partial charge < -0.3 is 14.2 Å². The molecule has 0 saturated heterocycles. The molecule has 0 N–H and O–H groups in total. The van der Waals surface area contributed by atoms with Gasteiger partial charge in [0.05, 0.1) is 42.7 Å². The van der Waals surface area contributed by atoms with E-state index in [0.29, 0.717) is 37.7 Å². The number of allylic oxidation sites excluding steroid dienone is 1. The Hall–Kier alpha value is -2.92. The van der Waals surface area contributed by atoms with Gasteiger partial charge in [0.15, 0.2) is 16.3 Å². The molecule has 1 atom stereocenters. The predicted molar refractivity (Wildman–Crippen MR) is 139 cm³/mol. The van der Waals surface area contributed by atoms with E-state index >= 15 is 0 Å². The Labute approximate surface area is 214 Å². The molecule has 4 rings (SSSR count). The fourth-order valence-electron chi connectivity index (χ4n) is 3.84. The molecule has 2 heterocycles. The number of halogens is 1. The number of ether oxygens (including phenoxy) is 3. The maximum absolute atomic E-state index is 13.6. The van der Waals surface area contributed by atoms with Crippen LogP contribution in [0.25, 0.3) is 6.08 Å². The van der Waals surface area contributed by atoms with Crippen LogP contribution in [0.1, 0.15) is 31.0 Å². The van der Waals surface area contributed by atoms with E-state index < -0.39 is 12.0 Å². The minimum absolute atomic E-state index is 0.214. The van der Waals surface area contributed by atoms with E-state index in [-0.39, 0.29) is 12.2 Å². The summed E-state index contributed by atoms with van der Waals surface area (Å²) >= 11 is 3.53. The zero-order valence-electron chi connectivity index (χ0n) is 19.1. The van der Waals surface area contributed by atoms with Crippen LogP contribution in [0.4, 0.5) is 0 Å². The van der Waals surface area contributed by atoms with Gasteiger partial charge in [0.1, 0.15) is 0 Å². The molecule has 0 bridgehead atoms. The molecule has 0 saturated carbocycles. The van der Waals surface area contributed by atoms with E-state index in [1.807, 2.05) is 36.4 Å². The maximum Gasteiger partial charge on any atom is 0.338 e. The SMILES string of the molecule is CCOC(=O)C1=C(C)N=c2s/c(=C/c3ccc(I)cc3)c(=O)n2[C@@H]1c1ccc(OC)c(OC)c1. The number of rotatable bonds is 6. The van der Waals surface area contributed by atoms with Crippen molar-refractivity contribution in [2.75, 3.05) is 20.8 Å². The summed E-state index contributed by atoms with van der Waals surface area (Å²) in [4.78, 5) is 31.8. The second-order valence-corrected chi connectivity index (χ2v) is 9.72. The van der Waals surface area contributed by atoms with Crippen LogP contribution in [-0.4, -0.2) is 31.4 Å². The summed E-state index contributed by atoms with van der Waals surface area (Å²) < 4.78 is 19.4. The van der Waals surface area contributed by atoms with Gasteiger partial charge in [-0.1, -0.05) is 29.5 Å². The van der Waals surface area contributed by atoms with Gasteiger partial charge in [0.2, 0.25) is 0 Å². The third kappa shape index (κ3) is 4.54. The summed E-state index contributed by atoms with van der Waals surface area (Å²) in [5.74, 6) is 0.546. The number of methoxy groups -OCH3 is 2. The van der Waals surface area contributed by atoms with Crippen molar-refractivity contribution in [3.05, 3.63) is 88.1 Å². The fraction of sp³-hybridized carbons (Fsp3) is 0.240. The number of benzene rings is 2. The number of fused-ring (bicyclic) bond motifs is 1. The van der Waals surface area contributed by atoms with Gasteiger partial charge in [-0.3, -0.25) is 9.36 Å². The summed E-state index contributed by atoms with van der Waals surface area (Å²) in [5.41, 5.74) is 2.21. The maximum atomic E-state index is 13.6. The molecule has 2 aromatic carbocycles. The number of carbonyl (C=O) groups is 1.